The van der Waals surface area contributed by atoms with Gasteiger partial charge in [0.05, 0.1) is 86.6 Å². The molecule has 0 radical (unpaired) electrons. The molecule has 18 unspecified atom stereocenters. The molecule has 2 bridgehead atoms. The first-order chi connectivity index (χ1) is 43.9. The molecule has 93 heavy (non-hydrogen) atoms. The summed E-state index contributed by atoms with van der Waals surface area (Å²) in [6, 6.07) is -1.12. The van der Waals surface area contributed by atoms with Gasteiger partial charge < -0.3 is 87.3 Å². The van der Waals surface area contributed by atoms with E-state index in [0.717, 1.165) is 7.11 Å². The molecule has 0 aromatic rings. The summed E-state index contributed by atoms with van der Waals surface area (Å²) in [5, 5.41) is 62.0. The Morgan fingerprint density at radius 1 is 0.720 bits per heavy atom. The zero-order valence-electron chi connectivity index (χ0n) is 55.4. The third-order valence-electron chi connectivity index (χ3n) is 21.7. The molecule has 1 spiro atoms. The molecule has 0 aromatic heterocycles. The summed E-state index contributed by atoms with van der Waals surface area (Å²) < 4.78 is 81.5. The largest absolute Gasteiger partial charge is 0.511 e. The lowest BCUT2D eigenvalue weighted by atomic mass is 9.49. The van der Waals surface area contributed by atoms with Crippen LogP contribution in [0.5, 0.6) is 0 Å². The van der Waals surface area contributed by atoms with Crippen LogP contribution in [0.25, 0.3) is 0 Å². The van der Waals surface area contributed by atoms with Crippen molar-refractivity contribution in [2.45, 2.75) is 281 Å². The van der Waals surface area contributed by atoms with Crippen molar-refractivity contribution in [3.63, 3.8) is 0 Å². The van der Waals surface area contributed by atoms with Crippen LogP contribution < -0.4 is 5.32 Å². The van der Waals surface area contributed by atoms with Crippen LogP contribution in [0.3, 0.4) is 0 Å². The van der Waals surface area contributed by atoms with Gasteiger partial charge in [-0.2, -0.15) is 0 Å². The number of rotatable bonds is 14. The van der Waals surface area contributed by atoms with Gasteiger partial charge in [0.15, 0.2) is 43.2 Å². The van der Waals surface area contributed by atoms with Crippen LogP contribution >= 0.6 is 0 Å². The number of nitrogens with one attached hydrogen (secondary N) is 1. The van der Waals surface area contributed by atoms with Crippen molar-refractivity contribution in [1.29, 1.82) is 0 Å². The number of aldehydes is 1. The summed E-state index contributed by atoms with van der Waals surface area (Å²) in [5.74, 6) is -6.46. The topological polar surface area (TPSA) is 341 Å². The number of esters is 2. The van der Waals surface area contributed by atoms with Crippen LogP contribution in [0.2, 0.25) is 0 Å². The molecule has 10 rings (SSSR count). The number of hydrogen-bond acceptors (Lipinski definition) is 24. The van der Waals surface area contributed by atoms with Crippen LogP contribution in [0.4, 0.5) is 4.79 Å². The number of nitrogens with zero attached hydrogens (tertiary/aromatic N) is 1. The second-order valence-corrected chi connectivity index (χ2v) is 28.2. The second-order valence-electron chi connectivity index (χ2n) is 28.2. The van der Waals surface area contributed by atoms with Crippen LogP contribution in [0.15, 0.2) is 58.4 Å². The van der Waals surface area contributed by atoms with E-state index in [1.165, 1.54) is 19.9 Å². The highest BCUT2D eigenvalue weighted by Crippen LogP contribution is 2.61. The van der Waals surface area contributed by atoms with Gasteiger partial charge in [0, 0.05) is 68.1 Å². The molecule has 5 N–H and O–H groups in total. The van der Waals surface area contributed by atoms with E-state index >= 15 is 4.79 Å². The summed E-state index contributed by atoms with van der Waals surface area (Å²) in [6.45, 7) is 21.0. The molecule has 6 aliphatic heterocycles. The van der Waals surface area contributed by atoms with E-state index in [2.05, 4.69) is 25.2 Å². The molecular weight excluding hydrogens is 1220 g/mol. The van der Waals surface area contributed by atoms with E-state index in [9.17, 15) is 49.7 Å². The Bertz CT molecular complexity index is 2960. The predicted molar refractivity (Wildman–Crippen MR) is 325 cm³/mol. The van der Waals surface area contributed by atoms with Gasteiger partial charge in [0.2, 0.25) is 11.3 Å². The maximum absolute atomic E-state index is 15.6. The number of carbonyl (C=O) groups is 5. The minimum atomic E-state index is -2.20. The molecule has 518 valence electrons. The van der Waals surface area contributed by atoms with Gasteiger partial charge >= 0.3 is 18.0 Å². The molecule has 0 aromatic carbocycles. The van der Waals surface area contributed by atoms with Crippen molar-refractivity contribution in [3.05, 3.63) is 68.5 Å². The molecule has 1 amide bonds. The Morgan fingerprint density at radius 3 is 2.01 bits per heavy atom. The van der Waals surface area contributed by atoms with Crippen molar-refractivity contribution < 1.29 is 111 Å². The molecule has 7 fully saturated rings. The number of methoxy groups -OCH3 is 1. The number of aliphatic hydroxyl groups is 4. The van der Waals surface area contributed by atoms with E-state index < -0.39 is 210 Å². The fourth-order valence-corrected chi connectivity index (χ4v) is 16.9. The third kappa shape index (κ3) is 14.0. The first-order valence-electron chi connectivity index (χ1n) is 33.1. The first kappa shape index (κ1) is 70.7. The van der Waals surface area contributed by atoms with Crippen molar-refractivity contribution in [1.82, 2.24) is 5.32 Å². The fourth-order valence-electron chi connectivity index (χ4n) is 16.9. The summed E-state index contributed by atoms with van der Waals surface area (Å²) in [6.07, 6.45) is -4.21. The van der Waals surface area contributed by atoms with E-state index in [1.807, 2.05) is 39.8 Å². The SMILES string of the molecule is COC(=O)NC1C(C)OC(O[C@H]2C/C=C(\C)[C@@H]3C=C[C@@H]4[C@@H](OC5CC(OC6CCC(OC7CC(O)C(OC8CCC(O)C(C)O8)C(C)O7)C(C)O6)C(OC(C)=O)C(C)O5)[C@@H](C)C[C@H](C)[C@H]4[C@]3(C)/C(O)=C3\C(=O)O[C@]4(CC(C=O)=C[C@H](O)[C@H]4/C=C/2C)C3=O)CC1(C)[N+](=O)[O-]. The van der Waals surface area contributed by atoms with Crippen LogP contribution in [-0.4, -0.2) is 197 Å². The summed E-state index contributed by atoms with van der Waals surface area (Å²) >= 11 is 0. The van der Waals surface area contributed by atoms with Gasteiger partial charge in [-0.1, -0.05) is 50.6 Å². The molecule has 4 aliphatic carbocycles. The standard InChI is InChI=1S/C67H96N2O24/c1-30-14-18-47(88-54-28-65(11,69(79)80)60(38(9)86-54)68-64(78)81-13)31(2)23-43-45(73)24-40(29-70)27-67(43)62(76)55(63(77)93-67)61(75)66(12)42(30)16-15-41-56(66)32(3)22-33(4)57(41)92-53-26-49(59(37(8)85-53)87-39(10)71)90-50-21-19-48(35(6)83-50)89-52-25-46(74)58(36(7)84-52)91-51-20-17-44(72)34(5)82-51/h14-16,23-24,29,32-38,41-54,56-60,72-75H,17-22,25-28H2,1-13H3,(H,68,78)/b30-14+,31-23+,61-55+/t32-,33-,34?,35?,36?,37?,38?,41-,42-,43+,44?,45-,46?,47-,48?,49?,50?,51?,52?,53?,54?,56+,57-,58?,59?,60?,65?,66+,67-/m0/s1. The van der Waals surface area contributed by atoms with E-state index in [1.54, 1.807) is 33.8 Å². The minimum absolute atomic E-state index is 0.00196. The van der Waals surface area contributed by atoms with Gasteiger partial charge in [-0.25, -0.2) is 9.59 Å². The lowest BCUT2D eigenvalue weighted by molar-refractivity contribution is -0.584. The molecule has 6 heterocycles. The number of hydrogen-bond donors (Lipinski definition) is 5. The Kier molecular flexibility index (Phi) is 21.4. The molecule has 26 heteroatoms. The number of ether oxygens (including phenoxy) is 13. The van der Waals surface area contributed by atoms with E-state index in [-0.39, 0.29) is 43.1 Å². The van der Waals surface area contributed by atoms with Crippen LogP contribution in [-0.2, 0) is 80.8 Å². The van der Waals surface area contributed by atoms with E-state index in [0.29, 0.717) is 49.5 Å². The number of aliphatic hydroxyl groups excluding tert-OH is 4. The number of nitro groups is 1. The van der Waals surface area contributed by atoms with Gasteiger partial charge in [-0.05, 0) is 109 Å². The predicted octanol–water partition coefficient (Wildman–Crippen LogP) is 6.36. The smallest absolute Gasteiger partial charge is 0.407 e. The average molecular weight is 1310 g/mol. The van der Waals surface area contributed by atoms with Gasteiger partial charge in [0.1, 0.15) is 35.9 Å². The summed E-state index contributed by atoms with van der Waals surface area (Å²) in [7, 11) is 1.15. The Morgan fingerprint density at radius 2 is 1.35 bits per heavy atom. The molecule has 26 nitrogen and oxygen atoms in total. The number of Topliss-reactive ketones (excluding diaryl/α,β-unsaturated/α-hetero) is 1. The Balaban J connectivity index is 0.904. The quantitative estimate of drug-likeness (QED) is 0.0240. The highest BCUT2D eigenvalue weighted by atomic mass is 16.8. The van der Waals surface area contributed by atoms with Gasteiger partial charge in [0.25, 0.3) is 0 Å². The molecular formula is C67H96N2O24. The molecule has 29 atom stereocenters. The maximum Gasteiger partial charge on any atom is 0.407 e. The molecule has 1 saturated carbocycles. The summed E-state index contributed by atoms with van der Waals surface area (Å²) in [5.41, 5.74) is -4.91. The highest BCUT2D eigenvalue weighted by molar-refractivity contribution is 6.26. The Hall–Kier alpha value is -5.07. The number of fused-ring (bicyclic) bond motifs is 4. The fraction of sp³-hybridized carbons (Fsp3) is 0.776. The zero-order chi connectivity index (χ0) is 67.5. The lowest BCUT2D eigenvalue weighted by Gasteiger charge is -2.56. The highest BCUT2D eigenvalue weighted by Gasteiger charge is 2.65. The number of alkyl carbamates (subject to hydrolysis) is 1. The molecule has 6 saturated heterocycles. The van der Waals surface area contributed by atoms with Crippen molar-refractivity contribution in [3.8, 4) is 0 Å². The normalized spacial score (nSPS) is 48.2. The van der Waals surface area contributed by atoms with Crippen molar-refractivity contribution >= 4 is 30.1 Å². The number of allylic oxidation sites excluding steroid dienone is 3. The number of ketones is 1. The minimum Gasteiger partial charge on any atom is -0.511 e. The van der Waals surface area contributed by atoms with E-state index in [4.69, 9.17) is 61.6 Å². The van der Waals surface area contributed by atoms with Gasteiger partial charge in [-0.3, -0.25) is 24.5 Å². The Labute approximate surface area is 542 Å². The maximum atomic E-state index is 15.6. The summed E-state index contributed by atoms with van der Waals surface area (Å²) in [4.78, 5) is 80.4. The third-order valence-corrected chi connectivity index (χ3v) is 21.7. The number of carbonyl (C=O) groups excluding carboxylic acids is 5. The van der Waals surface area contributed by atoms with Crippen LogP contribution in [0, 0.1) is 51.0 Å². The van der Waals surface area contributed by atoms with Gasteiger partial charge in [-0.15, -0.1) is 0 Å². The molecule has 10 aliphatic rings. The lowest BCUT2D eigenvalue weighted by Crippen LogP contribution is -2.65. The average Bonchev–Trinajstić information content (AvgIpc) is 1.68. The van der Waals surface area contributed by atoms with Crippen molar-refractivity contribution in [2.75, 3.05) is 7.11 Å². The second kappa shape index (κ2) is 28.2. The van der Waals surface area contributed by atoms with Crippen molar-refractivity contribution in [2.24, 2.45) is 40.9 Å². The van der Waals surface area contributed by atoms with Crippen LogP contribution in [0.1, 0.15) is 147 Å². The number of amides is 1. The monoisotopic (exact) mass is 1310 g/mol. The zero-order valence-corrected chi connectivity index (χ0v) is 55.4. The first-order valence-corrected chi connectivity index (χ1v) is 33.1.